The molecule has 0 saturated heterocycles. The van der Waals surface area contributed by atoms with Crippen LogP contribution >= 0.6 is 0 Å². The number of carbonyl (C=O) groups excluding carboxylic acids is 2. The standard InChI is InChI=1S/C24H44O6/c1-9-23(5,6)21(25)29-17(3)27-15-19-11-13-20(14-12-19)16-28-18(4)30-22(26)24(7,8)10-2/h17-20H,9-16H2,1-8H3. The van der Waals surface area contributed by atoms with E-state index in [1.54, 1.807) is 13.8 Å². The molecule has 1 fully saturated rings. The number of hydrogen-bond acceptors (Lipinski definition) is 6. The lowest BCUT2D eigenvalue weighted by atomic mass is 9.83. The minimum Gasteiger partial charge on any atom is -0.436 e. The van der Waals surface area contributed by atoms with Crippen LogP contribution in [0.3, 0.4) is 0 Å². The van der Waals surface area contributed by atoms with Gasteiger partial charge in [0.25, 0.3) is 0 Å². The highest BCUT2D eigenvalue weighted by Crippen LogP contribution is 2.30. The highest BCUT2D eigenvalue weighted by molar-refractivity contribution is 5.76. The van der Waals surface area contributed by atoms with Gasteiger partial charge in [-0.15, -0.1) is 0 Å². The topological polar surface area (TPSA) is 71.1 Å². The van der Waals surface area contributed by atoms with Crippen LogP contribution in [0.1, 0.15) is 93.9 Å². The van der Waals surface area contributed by atoms with Crippen LogP contribution in [0.25, 0.3) is 0 Å². The van der Waals surface area contributed by atoms with Crippen LogP contribution in [0.5, 0.6) is 0 Å². The second kappa shape index (κ2) is 12.0. The fourth-order valence-corrected chi connectivity index (χ4v) is 3.09. The Morgan fingerprint density at radius 3 is 1.30 bits per heavy atom. The molecule has 1 rings (SSSR count). The average Bonchev–Trinajstić information content (AvgIpc) is 2.71. The van der Waals surface area contributed by atoms with Crippen molar-refractivity contribution in [3.8, 4) is 0 Å². The summed E-state index contributed by atoms with van der Waals surface area (Å²) in [6.07, 6.45) is 4.67. The number of rotatable bonds is 12. The van der Waals surface area contributed by atoms with Gasteiger partial charge in [0, 0.05) is 0 Å². The van der Waals surface area contributed by atoms with Crippen molar-refractivity contribution in [1.29, 1.82) is 0 Å². The maximum Gasteiger partial charge on any atom is 0.313 e. The van der Waals surface area contributed by atoms with Gasteiger partial charge in [0.05, 0.1) is 24.0 Å². The summed E-state index contributed by atoms with van der Waals surface area (Å²) >= 11 is 0. The maximum atomic E-state index is 12.1. The van der Waals surface area contributed by atoms with Crippen LogP contribution < -0.4 is 0 Å². The highest BCUT2D eigenvalue weighted by Gasteiger charge is 2.30. The van der Waals surface area contributed by atoms with Crippen LogP contribution in [-0.4, -0.2) is 37.7 Å². The van der Waals surface area contributed by atoms with Crippen molar-refractivity contribution in [1.82, 2.24) is 0 Å². The first kappa shape index (κ1) is 26.9. The van der Waals surface area contributed by atoms with Crippen molar-refractivity contribution in [3.63, 3.8) is 0 Å². The molecule has 0 heterocycles. The van der Waals surface area contributed by atoms with Crippen molar-refractivity contribution < 1.29 is 28.5 Å². The molecule has 0 N–H and O–H groups in total. The largest absolute Gasteiger partial charge is 0.436 e. The van der Waals surface area contributed by atoms with E-state index in [-0.39, 0.29) is 11.9 Å². The van der Waals surface area contributed by atoms with Gasteiger partial charge in [-0.3, -0.25) is 9.59 Å². The summed E-state index contributed by atoms with van der Waals surface area (Å²) in [5.74, 6) is 0.524. The van der Waals surface area contributed by atoms with E-state index in [0.717, 1.165) is 38.5 Å². The van der Waals surface area contributed by atoms with Gasteiger partial charge in [0.2, 0.25) is 0 Å². The summed E-state index contributed by atoms with van der Waals surface area (Å²) in [5.41, 5.74) is -0.957. The maximum absolute atomic E-state index is 12.1. The zero-order chi connectivity index (χ0) is 22.9. The Labute approximate surface area is 183 Å². The number of hydrogen-bond donors (Lipinski definition) is 0. The Kier molecular flexibility index (Phi) is 10.8. The second-order valence-corrected chi connectivity index (χ2v) is 9.97. The van der Waals surface area contributed by atoms with E-state index in [4.69, 9.17) is 18.9 Å². The van der Waals surface area contributed by atoms with Crippen molar-refractivity contribution in [2.45, 2.75) is 106 Å². The summed E-state index contributed by atoms with van der Waals surface area (Å²) in [6.45, 7) is 16.3. The van der Waals surface area contributed by atoms with E-state index in [1.807, 2.05) is 41.5 Å². The molecule has 0 aliphatic heterocycles. The van der Waals surface area contributed by atoms with E-state index < -0.39 is 23.4 Å². The van der Waals surface area contributed by atoms with Gasteiger partial charge in [0.1, 0.15) is 0 Å². The Balaban J connectivity index is 2.24. The fourth-order valence-electron chi connectivity index (χ4n) is 3.09. The van der Waals surface area contributed by atoms with Crippen molar-refractivity contribution >= 4 is 11.9 Å². The van der Waals surface area contributed by atoms with Gasteiger partial charge in [0.15, 0.2) is 12.6 Å². The minimum absolute atomic E-state index is 0.212. The molecular formula is C24H44O6. The van der Waals surface area contributed by atoms with E-state index in [0.29, 0.717) is 25.0 Å². The van der Waals surface area contributed by atoms with Crippen LogP contribution in [0.15, 0.2) is 0 Å². The zero-order valence-electron chi connectivity index (χ0n) is 20.4. The van der Waals surface area contributed by atoms with E-state index >= 15 is 0 Å². The Morgan fingerprint density at radius 2 is 1.03 bits per heavy atom. The van der Waals surface area contributed by atoms with Gasteiger partial charge in [-0.25, -0.2) is 0 Å². The first-order valence-corrected chi connectivity index (χ1v) is 11.6. The average molecular weight is 429 g/mol. The third kappa shape index (κ3) is 8.93. The van der Waals surface area contributed by atoms with Crippen LogP contribution in [0, 0.1) is 22.7 Å². The SMILES string of the molecule is CCC(C)(C)C(=O)OC(C)OCC1CCC(COC(C)OC(=O)C(C)(C)CC)CC1. The van der Waals surface area contributed by atoms with Crippen LogP contribution in [-0.2, 0) is 28.5 Å². The number of ether oxygens (including phenoxy) is 4. The predicted octanol–water partition coefficient (Wildman–Crippen LogP) is 5.48. The molecule has 0 aromatic rings. The van der Waals surface area contributed by atoms with Crippen LogP contribution in [0.4, 0.5) is 0 Å². The Morgan fingerprint density at radius 1 is 0.733 bits per heavy atom. The van der Waals surface area contributed by atoms with Gasteiger partial charge < -0.3 is 18.9 Å². The molecule has 1 aliphatic rings. The fraction of sp³-hybridized carbons (Fsp3) is 0.917. The van der Waals surface area contributed by atoms with Crippen molar-refractivity contribution in [2.24, 2.45) is 22.7 Å². The molecule has 6 heteroatoms. The molecule has 0 bridgehead atoms. The normalized spacial score (nSPS) is 22.3. The lowest BCUT2D eigenvalue weighted by Gasteiger charge is -2.30. The minimum atomic E-state index is -0.521. The highest BCUT2D eigenvalue weighted by atomic mass is 16.7. The van der Waals surface area contributed by atoms with Gasteiger partial charge in [-0.1, -0.05) is 13.8 Å². The Bertz CT molecular complexity index is 486. The predicted molar refractivity (Wildman–Crippen MR) is 117 cm³/mol. The van der Waals surface area contributed by atoms with Gasteiger partial charge >= 0.3 is 11.9 Å². The zero-order valence-corrected chi connectivity index (χ0v) is 20.4. The summed E-state index contributed by atoms with van der Waals surface area (Å²) in [6, 6.07) is 0. The van der Waals surface area contributed by atoms with Crippen molar-refractivity contribution in [2.75, 3.05) is 13.2 Å². The molecule has 1 saturated carbocycles. The Hall–Kier alpha value is -1.14. The molecule has 6 nitrogen and oxygen atoms in total. The third-order valence-corrected chi connectivity index (χ3v) is 6.52. The quantitative estimate of drug-likeness (QED) is 0.303. The number of esters is 2. The molecule has 176 valence electrons. The van der Waals surface area contributed by atoms with Crippen molar-refractivity contribution in [3.05, 3.63) is 0 Å². The third-order valence-electron chi connectivity index (χ3n) is 6.52. The summed E-state index contributed by atoms with van der Waals surface area (Å²) < 4.78 is 22.4. The molecule has 2 atom stereocenters. The molecule has 0 amide bonds. The van der Waals surface area contributed by atoms with Gasteiger partial charge in [-0.05, 0) is 91.9 Å². The lowest BCUT2D eigenvalue weighted by molar-refractivity contribution is -0.190. The van der Waals surface area contributed by atoms with E-state index in [2.05, 4.69) is 0 Å². The molecule has 30 heavy (non-hydrogen) atoms. The molecule has 0 radical (unpaired) electrons. The summed E-state index contributed by atoms with van der Waals surface area (Å²) in [7, 11) is 0. The molecule has 2 unspecified atom stereocenters. The molecule has 0 spiro atoms. The summed E-state index contributed by atoms with van der Waals surface area (Å²) in [4.78, 5) is 24.2. The van der Waals surface area contributed by atoms with Gasteiger partial charge in [-0.2, -0.15) is 0 Å². The molecule has 1 aliphatic carbocycles. The molecule has 0 aromatic heterocycles. The summed E-state index contributed by atoms with van der Waals surface area (Å²) in [5, 5.41) is 0. The molecule has 0 aromatic carbocycles. The first-order chi connectivity index (χ1) is 13.9. The first-order valence-electron chi connectivity index (χ1n) is 11.6. The monoisotopic (exact) mass is 428 g/mol. The second-order valence-electron chi connectivity index (χ2n) is 9.97. The number of carbonyl (C=O) groups is 2. The lowest BCUT2D eigenvalue weighted by Crippen LogP contribution is -2.32. The molecular weight excluding hydrogens is 384 g/mol. The van der Waals surface area contributed by atoms with Crippen LogP contribution in [0.2, 0.25) is 0 Å². The van der Waals surface area contributed by atoms with E-state index in [1.165, 1.54) is 0 Å². The smallest absolute Gasteiger partial charge is 0.313 e. The van der Waals surface area contributed by atoms with E-state index in [9.17, 15) is 9.59 Å².